The Balaban J connectivity index is 0.000000219. The molecule has 2 aromatic heterocycles. The highest BCUT2D eigenvalue weighted by molar-refractivity contribution is 6.34. The van der Waals surface area contributed by atoms with Gasteiger partial charge in [-0.2, -0.15) is 0 Å². The lowest BCUT2D eigenvalue weighted by molar-refractivity contribution is -0.150. The Morgan fingerprint density at radius 1 is 0.698 bits per heavy atom. The Morgan fingerprint density at radius 2 is 1.19 bits per heavy atom. The smallest absolute Gasteiger partial charge is 0.303 e. The van der Waals surface area contributed by atoms with Crippen LogP contribution < -0.4 is 24.3 Å². The molecule has 2 N–H and O–H groups in total. The van der Waals surface area contributed by atoms with Crippen LogP contribution in [0.25, 0.3) is 21.8 Å². The van der Waals surface area contributed by atoms with Gasteiger partial charge in [-0.25, -0.2) is 24.3 Å². The average Bonchev–Trinajstić information content (AvgIpc) is 3.26. The SMILES string of the molecule is COc1cc2c(Cl)ncnc2cc1OCC(CN1CCCCC1)OC(C)=O.COc1cc2c(Nc3cc(O)c(Cl)cc3F)ncnc2cc1OCC(CN1CCCCC1)OC(C)=O. The van der Waals surface area contributed by atoms with Crippen LogP contribution in [-0.2, 0) is 19.1 Å². The van der Waals surface area contributed by atoms with E-state index in [2.05, 4.69) is 35.1 Å². The highest BCUT2D eigenvalue weighted by Crippen LogP contribution is 2.37. The number of carbonyl (C=O) groups excluding carboxylic acids is 2. The maximum absolute atomic E-state index is 14.4. The van der Waals surface area contributed by atoms with Crippen LogP contribution in [0.5, 0.6) is 28.7 Å². The lowest BCUT2D eigenvalue weighted by Gasteiger charge is -2.30. The lowest BCUT2D eigenvalue weighted by atomic mass is 10.1. The normalized spacial score (nSPS) is 15.4. The molecule has 0 aliphatic carbocycles. The number of fused-ring (bicyclic) bond motifs is 2. The number of benzene rings is 3. The van der Waals surface area contributed by atoms with Crippen molar-refractivity contribution in [3.05, 3.63) is 65.0 Å². The number of methoxy groups -OCH3 is 2. The first-order chi connectivity index (χ1) is 30.4. The third kappa shape index (κ3) is 13.3. The summed E-state index contributed by atoms with van der Waals surface area (Å²) in [5.74, 6) is 0.573. The number of hydrogen-bond acceptors (Lipinski definition) is 16. The molecule has 7 rings (SSSR count). The van der Waals surface area contributed by atoms with Crippen LogP contribution in [0.4, 0.5) is 15.9 Å². The van der Waals surface area contributed by atoms with Gasteiger partial charge in [0.1, 0.15) is 60.6 Å². The molecule has 2 saturated heterocycles. The molecule has 2 atom stereocenters. The van der Waals surface area contributed by atoms with E-state index in [0.29, 0.717) is 68.9 Å². The number of nitrogens with one attached hydrogen (secondary N) is 1. The van der Waals surface area contributed by atoms with Gasteiger partial charge in [-0.15, -0.1) is 0 Å². The van der Waals surface area contributed by atoms with Crippen molar-refractivity contribution in [1.82, 2.24) is 29.7 Å². The highest BCUT2D eigenvalue weighted by Gasteiger charge is 2.23. The number of ether oxygens (including phenoxy) is 6. The maximum Gasteiger partial charge on any atom is 0.303 e. The molecule has 2 aliphatic rings. The van der Waals surface area contributed by atoms with Gasteiger partial charge in [-0.3, -0.25) is 19.4 Å². The Morgan fingerprint density at radius 3 is 1.70 bits per heavy atom. The number of rotatable bonds is 16. The summed E-state index contributed by atoms with van der Waals surface area (Å²) in [5, 5.41) is 14.2. The predicted octanol–water partition coefficient (Wildman–Crippen LogP) is 7.76. The van der Waals surface area contributed by atoms with E-state index < -0.39 is 11.9 Å². The second-order valence-electron chi connectivity index (χ2n) is 15.1. The number of likely N-dealkylation sites (tertiary alicyclic amines) is 2. The van der Waals surface area contributed by atoms with Gasteiger partial charge in [0.15, 0.2) is 23.0 Å². The van der Waals surface area contributed by atoms with E-state index in [9.17, 15) is 19.1 Å². The molecule has 0 amide bonds. The van der Waals surface area contributed by atoms with E-state index in [4.69, 9.17) is 51.6 Å². The summed E-state index contributed by atoms with van der Waals surface area (Å²) in [4.78, 5) is 44.4. The highest BCUT2D eigenvalue weighted by atomic mass is 35.5. The van der Waals surface area contributed by atoms with Crippen LogP contribution in [0.1, 0.15) is 52.4 Å². The Kier molecular flexibility index (Phi) is 17.0. The minimum absolute atomic E-state index is 0.00173. The first-order valence-electron chi connectivity index (χ1n) is 20.7. The largest absolute Gasteiger partial charge is 0.506 e. The van der Waals surface area contributed by atoms with E-state index in [0.717, 1.165) is 45.1 Å². The molecule has 3 aromatic carbocycles. The molecule has 0 saturated carbocycles. The van der Waals surface area contributed by atoms with Gasteiger partial charge in [0.2, 0.25) is 0 Å². The molecule has 63 heavy (non-hydrogen) atoms. The summed E-state index contributed by atoms with van der Waals surface area (Å²) in [7, 11) is 3.06. The summed E-state index contributed by atoms with van der Waals surface area (Å²) < 4.78 is 48.3. The van der Waals surface area contributed by atoms with Crippen LogP contribution in [0.15, 0.2) is 49.1 Å². The fraction of sp³-hybridized carbons (Fsp3) is 0.455. The zero-order valence-electron chi connectivity index (χ0n) is 35.7. The topological polar surface area (TPSA) is 180 Å². The fourth-order valence-corrected chi connectivity index (χ4v) is 7.79. The molecule has 0 bridgehead atoms. The minimum atomic E-state index is -0.651. The van der Waals surface area contributed by atoms with Gasteiger partial charge in [-0.1, -0.05) is 36.0 Å². The number of halogens is 3. The lowest BCUT2D eigenvalue weighted by Crippen LogP contribution is -2.40. The molecule has 338 valence electrons. The van der Waals surface area contributed by atoms with Crippen molar-refractivity contribution < 1.29 is 47.5 Å². The summed E-state index contributed by atoms with van der Waals surface area (Å²) in [5.41, 5.74) is 1.17. The van der Waals surface area contributed by atoms with Gasteiger partial charge >= 0.3 is 11.9 Å². The number of nitrogens with zero attached hydrogens (tertiary/aromatic N) is 6. The van der Waals surface area contributed by atoms with E-state index in [1.54, 1.807) is 31.4 Å². The summed E-state index contributed by atoms with van der Waals surface area (Å²) in [6.45, 7) is 8.40. The van der Waals surface area contributed by atoms with Crippen molar-refractivity contribution in [1.29, 1.82) is 0 Å². The van der Waals surface area contributed by atoms with Crippen molar-refractivity contribution in [2.24, 2.45) is 0 Å². The monoisotopic (exact) mass is 911 g/mol. The third-order valence-electron chi connectivity index (χ3n) is 10.4. The van der Waals surface area contributed by atoms with E-state index in [1.807, 2.05) is 0 Å². The second-order valence-corrected chi connectivity index (χ2v) is 15.9. The van der Waals surface area contributed by atoms with Gasteiger partial charge < -0.3 is 38.8 Å². The van der Waals surface area contributed by atoms with Crippen LogP contribution >= 0.6 is 23.2 Å². The van der Waals surface area contributed by atoms with E-state index >= 15 is 0 Å². The van der Waals surface area contributed by atoms with Crippen molar-refractivity contribution in [2.45, 2.75) is 64.6 Å². The molecule has 2 fully saturated rings. The molecule has 2 unspecified atom stereocenters. The van der Waals surface area contributed by atoms with Gasteiger partial charge in [-0.05, 0) is 70.1 Å². The number of phenols is 1. The van der Waals surface area contributed by atoms with E-state index in [-0.39, 0.29) is 47.7 Å². The molecule has 16 nitrogen and oxygen atoms in total. The first-order valence-corrected chi connectivity index (χ1v) is 21.5. The fourth-order valence-electron chi connectivity index (χ4n) is 7.44. The van der Waals surface area contributed by atoms with E-state index in [1.165, 1.54) is 65.4 Å². The number of aromatic nitrogens is 4. The summed E-state index contributed by atoms with van der Waals surface area (Å²) in [6, 6.07) is 9.05. The van der Waals surface area contributed by atoms with Crippen molar-refractivity contribution in [3.8, 4) is 28.7 Å². The molecule has 0 radical (unpaired) electrons. The van der Waals surface area contributed by atoms with Crippen LogP contribution in [0.3, 0.4) is 0 Å². The van der Waals surface area contributed by atoms with Crippen molar-refractivity contribution >= 4 is 68.5 Å². The minimum Gasteiger partial charge on any atom is -0.506 e. The van der Waals surface area contributed by atoms with Gasteiger partial charge in [0.05, 0.1) is 36.0 Å². The summed E-state index contributed by atoms with van der Waals surface area (Å²) >= 11 is 11.9. The quantitative estimate of drug-likeness (QED) is 0.0724. The number of phenolic OH excluding ortho intramolecular Hbond substituents is 1. The van der Waals surface area contributed by atoms with Gasteiger partial charge in [0, 0.05) is 55.9 Å². The number of anilines is 2. The number of esters is 2. The zero-order chi connectivity index (χ0) is 44.9. The standard InChI is InChI=1S/C25H28ClFN4O5.C19H24ClN3O4/c1-15(32)36-16(12-31-6-4-3-5-7-31)13-35-24-11-20-17(8-23(24)34-2)25(29-14-28-20)30-21-10-22(33)18(26)9-19(21)27;1-13(24)27-14(10-23-6-4-3-5-7-23)11-26-18-9-16-15(8-17(18)25-2)19(20)22-12-21-16/h8-11,14,16,33H,3-7,12-13H2,1-2H3,(H,28,29,30);8-9,12,14H,3-7,10-11H2,1-2H3. The van der Waals surface area contributed by atoms with Crippen LogP contribution in [0, 0.1) is 5.82 Å². The predicted molar refractivity (Wildman–Crippen MR) is 236 cm³/mol. The van der Waals surface area contributed by atoms with Gasteiger partial charge in [0.25, 0.3) is 0 Å². The zero-order valence-corrected chi connectivity index (χ0v) is 37.2. The Labute approximate surface area is 374 Å². The molecule has 0 spiro atoms. The molecular formula is C44H52Cl2FN7O9. The second kappa shape index (κ2) is 22.7. The number of carbonyl (C=O) groups is 2. The number of piperidine rings is 2. The third-order valence-corrected chi connectivity index (χ3v) is 11.0. The average molecular weight is 913 g/mol. The van der Waals surface area contributed by atoms with Crippen molar-refractivity contribution in [3.63, 3.8) is 0 Å². The Bertz CT molecular complexity index is 2350. The molecular weight excluding hydrogens is 860 g/mol. The number of aromatic hydroxyl groups is 1. The maximum atomic E-state index is 14.4. The van der Waals surface area contributed by atoms with Crippen molar-refractivity contribution in [2.75, 3.05) is 72.0 Å². The summed E-state index contributed by atoms with van der Waals surface area (Å²) in [6.07, 6.45) is 9.00. The molecule has 2 aliphatic heterocycles. The van der Waals surface area contributed by atoms with Crippen LogP contribution in [-0.4, -0.2) is 126 Å². The Hall–Kier alpha value is -5.49. The first kappa shape index (κ1) is 47.0. The number of hydrogen-bond donors (Lipinski definition) is 2. The molecule has 5 aromatic rings. The molecule has 4 heterocycles. The molecule has 19 heteroatoms. The van der Waals surface area contributed by atoms with Crippen LogP contribution in [0.2, 0.25) is 10.2 Å².